The molecule has 0 aromatic heterocycles. The molecule has 0 unspecified atom stereocenters. The molecule has 0 fully saturated rings. The largest absolute Gasteiger partial charge is 0.387 e. The van der Waals surface area contributed by atoms with Gasteiger partial charge in [0.15, 0.2) is 0 Å². The molecular weight excluding hydrogens is 158 g/mol. The Balaban J connectivity index is 2.90. The van der Waals surface area contributed by atoms with Crippen LogP contribution < -0.4 is 0 Å². The Morgan fingerprint density at radius 1 is 1.42 bits per heavy atom. The lowest BCUT2D eigenvalue weighted by Crippen LogP contribution is -2.39. The van der Waals surface area contributed by atoms with Gasteiger partial charge in [-0.15, -0.1) is 0 Å². The molecule has 1 aliphatic rings. The summed E-state index contributed by atoms with van der Waals surface area (Å²) in [4.78, 5) is 0. The molecule has 1 aliphatic carbocycles. The lowest BCUT2D eigenvalue weighted by Gasteiger charge is -2.25. The molecule has 0 aliphatic heterocycles. The average molecular weight is 167 g/mol. The van der Waals surface area contributed by atoms with Gasteiger partial charge in [-0.05, 0) is 5.57 Å². The van der Waals surface area contributed by atoms with Gasteiger partial charge in [-0.2, -0.15) is 5.26 Å². The van der Waals surface area contributed by atoms with Crippen LogP contribution in [0, 0.1) is 11.3 Å². The number of nitrogens with zero attached hydrogens (tertiary/aromatic N) is 1. The third-order valence-electron chi connectivity index (χ3n) is 1.73. The summed E-state index contributed by atoms with van der Waals surface area (Å²) < 4.78 is 0. The van der Waals surface area contributed by atoms with Gasteiger partial charge in [0.05, 0.1) is 6.07 Å². The van der Waals surface area contributed by atoms with E-state index in [-0.39, 0.29) is 0 Å². The minimum absolute atomic E-state index is 0.315. The maximum Gasteiger partial charge on any atom is 0.113 e. The monoisotopic (exact) mass is 167 g/mol. The predicted octanol–water partition coefficient (Wildman–Crippen LogP) is -0.911. The van der Waals surface area contributed by atoms with Gasteiger partial charge < -0.3 is 15.3 Å². The molecule has 0 aromatic carbocycles. The van der Waals surface area contributed by atoms with Crippen molar-refractivity contribution in [2.45, 2.75) is 18.3 Å². The molecule has 64 valence electrons. The number of nitriles is 1. The molecule has 0 saturated carbocycles. The Kier molecular flexibility index (Phi) is 2.61. The number of aliphatic hydroxyl groups is 3. The van der Waals surface area contributed by atoms with E-state index in [0.717, 1.165) is 6.08 Å². The predicted molar refractivity (Wildman–Crippen MR) is 40.9 cm³/mol. The quantitative estimate of drug-likeness (QED) is 0.408. The molecule has 4 nitrogen and oxygen atoms in total. The van der Waals surface area contributed by atoms with Crippen molar-refractivity contribution in [2.75, 3.05) is 0 Å². The lowest BCUT2D eigenvalue weighted by molar-refractivity contribution is -0.0284. The first-order valence-corrected chi connectivity index (χ1v) is 3.49. The number of rotatable bonds is 0. The zero-order valence-electron chi connectivity index (χ0n) is 6.25. The van der Waals surface area contributed by atoms with Crippen LogP contribution in [0.25, 0.3) is 0 Å². The molecule has 0 spiro atoms. The van der Waals surface area contributed by atoms with E-state index in [1.54, 1.807) is 6.07 Å². The van der Waals surface area contributed by atoms with E-state index in [1.807, 2.05) is 0 Å². The van der Waals surface area contributed by atoms with E-state index in [9.17, 15) is 5.11 Å². The maximum absolute atomic E-state index is 9.26. The Bertz CT molecular complexity index is 264. The maximum atomic E-state index is 9.26. The van der Waals surface area contributed by atoms with Gasteiger partial charge in [-0.1, -0.05) is 12.2 Å². The lowest BCUT2D eigenvalue weighted by atomic mass is 9.94. The molecule has 0 bridgehead atoms. The first-order chi connectivity index (χ1) is 5.66. The molecule has 1 rings (SSSR count). The van der Waals surface area contributed by atoms with Gasteiger partial charge in [0.1, 0.15) is 18.3 Å². The van der Waals surface area contributed by atoms with Crippen molar-refractivity contribution in [3.8, 4) is 6.07 Å². The average Bonchev–Trinajstić information content (AvgIpc) is 2.07. The van der Waals surface area contributed by atoms with Crippen molar-refractivity contribution < 1.29 is 15.3 Å². The van der Waals surface area contributed by atoms with Crippen LogP contribution >= 0.6 is 0 Å². The highest BCUT2D eigenvalue weighted by molar-refractivity contribution is 5.33. The zero-order valence-corrected chi connectivity index (χ0v) is 6.25. The molecule has 0 radical (unpaired) electrons. The summed E-state index contributed by atoms with van der Waals surface area (Å²) in [7, 11) is 0. The van der Waals surface area contributed by atoms with Gasteiger partial charge in [0.2, 0.25) is 0 Å². The van der Waals surface area contributed by atoms with Crippen molar-refractivity contribution in [1.82, 2.24) is 0 Å². The van der Waals surface area contributed by atoms with Crippen LogP contribution in [-0.2, 0) is 0 Å². The van der Waals surface area contributed by atoms with Gasteiger partial charge in [-0.25, -0.2) is 0 Å². The van der Waals surface area contributed by atoms with Gasteiger partial charge in [-0.3, -0.25) is 0 Å². The molecule has 0 saturated heterocycles. The molecule has 0 heterocycles. The summed E-state index contributed by atoms with van der Waals surface area (Å²) in [5.41, 5.74) is 0.315. The molecule has 3 N–H and O–H groups in total. The third-order valence-corrected chi connectivity index (χ3v) is 1.73. The first-order valence-electron chi connectivity index (χ1n) is 3.49. The summed E-state index contributed by atoms with van der Waals surface area (Å²) in [5.74, 6) is 0. The minimum Gasteiger partial charge on any atom is -0.387 e. The van der Waals surface area contributed by atoms with Crippen molar-refractivity contribution in [1.29, 1.82) is 5.26 Å². The minimum atomic E-state index is -1.24. The first kappa shape index (κ1) is 8.94. The van der Waals surface area contributed by atoms with E-state index in [0.29, 0.717) is 5.57 Å². The summed E-state index contributed by atoms with van der Waals surface area (Å²) >= 11 is 0. The van der Waals surface area contributed by atoms with E-state index in [1.165, 1.54) is 12.2 Å². The normalized spacial score (nSPS) is 38.2. The smallest absolute Gasteiger partial charge is 0.113 e. The molecule has 3 atom stereocenters. The zero-order chi connectivity index (χ0) is 9.14. The number of hydrogen-bond donors (Lipinski definition) is 3. The Morgan fingerprint density at radius 2 is 2.08 bits per heavy atom. The fourth-order valence-electron chi connectivity index (χ4n) is 1.01. The van der Waals surface area contributed by atoms with Crippen molar-refractivity contribution in [2.24, 2.45) is 0 Å². The second-order valence-electron chi connectivity index (χ2n) is 2.56. The summed E-state index contributed by atoms with van der Waals surface area (Å²) in [6.07, 6.45) is 0.414. The van der Waals surface area contributed by atoms with E-state index < -0.39 is 18.3 Å². The number of allylic oxidation sites excluding steroid dienone is 1. The second-order valence-corrected chi connectivity index (χ2v) is 2.56. The SMILES string of the molecule is N#C/C=C1\C=C[C@@H](O)[C@@H](O)[C@H]1O. The van der Waals surface area contributed by atoms with Crippen LogP contribution in [0.15, 0.2) is 23.8 Å². The molecule has 12 heavy (non-hydrogen) atoms. The summed E-state index contributed by atoms with van der Waals surface area (Å²) in [6.45, 7) is 0. The standard InChI is InChI=1S/C8H9NO3/c9-4-3-5-1-2-6(10)8(12)7(5)11/h1-3,6-8,10-12H/b5-3+/t6-,7+,8-/m1/s1. The van der Waals surface area contributed by atoms with Crippen LogP contribution in [-0.4, -0.2) is 33.6 Å². The van der Waals surface area contributed by atoms with Gasteiger partial charge in [0.25, 0.3) is 0 Å². The topological polar surface area (TPSA) is 84.5 Å². The highest BCUT2D eigenvalue weighted by Gasteiger charge is 2.28. The number of hydrogen-bond acceptors (Lipinski definition) is 4. The van der Waals surface area contributed by atoms with Crippen molar-refractivity contribution in [3.05, 3.63) is 23.8 Å². The fourth-order valence-corrected chi connectivity index (χ4v) is 1.01. The van der Waals surface area contributed by atoms with Crippen LogP contribution in [0.5, 0.6) is 0 Å². The van der Waals surface area contributed by atoms with E-state index >= 15 is 0 Å². The summed E-state index contributed by atoms with van der Waals surface area (Å²) in [5, 5.41) is 35.7. The molecular formula is C8H9NO3. The van der Waals surface area contributed by atoms with E-state index in [2.05, 4.69) is 0 Å². The summed E-state index contributed by atoms with van der Waals surface area (Å²) in [6, 6.07) is 1.74. The highest BCUT2D eigenvalue weighted by Crippen LogP contribution is 2.17. The highest BCUT2D eigenvalue weighted by atomic mass is 16.4. The van der Waals surface area contributed by atoms with Crippen molar-refractivity contribution in [3.63, 3.8) is 0 Å². The third kappa shape index (κ3) is 1.53. The molecule has 0 aromatic rings. The van der Waals surface area contributed by atoms with Crippen LogP contribution in [0.3, 0.4) is 0 Å². The number of aliphatic hydroxyl groups excluding tert-OH is 3. The fraction of sp³-hybridized carbons (Fsp3) is 0.375. The Morgan fingerprint density at radius 3 is 2.67 bits per heavy atom. The Hall–Kier alpha value is -1.15. The van der Waals surface area contributed by atoms with Gasteiger partial charge in [0, 0.05) is 6.08 Å². The van der Waals surface area contributed by atoms with Gasteiger partial charge >= 0.3 is 0 Å². The van der Waals surface area contributed by atoms with Crippen LogP contribution in [0.4, 0.5) is 0 Å². The Labute approximate surface area is 69.7 Å². The molecule has 0 amide bonds. The van der Waals surface area contributed by atoms with Crippen LogP contribution in [0.1, 0.15) is 0 Å². The van der Waals surface area contributed by atoms with E-state index in [4.69, 9.17) is 15.5 Å². The van der Waals surface area contributed by atoms with Crippen LogP contribution in [0.2, 0.25) is 0 Å². The molecule has 4 heteroatoms. The second kappa shape index (κ2) is 3.50. The van der Waals surface area contributed by atoms with Crippen molar-refractivity contribution >= 4 is 0 Å².